The van der Waals surface area contributed by atoms with Gasteiger partial charge < -0.3 is 24.8 Å². The van der Waals surface area contributed by atoms with E-state index in [0.29, 0.717) is 16.6 Å². The molecule has 33 heavy (non-hydrogen) atoms. The second kappa shape index (κ2) is 8.67. The van der Waals surface area contributed by atoms with Crippen LogP contribution in [0.1, 0.15) is 10.5 Å². The van der Waals surface area contributed by atoms with Crippen LogP contribution in [-0.4, -0.2) is 60.6 Å². The van der Waals surface area contributed by atoms with Crippen molar-refractivity contribution < 1.29 is 18.3 Å². The maximum Gasteiger partial charge on any atom is 0.387 e. The first kappa shape index (κ1) is 21.1. The van der Waals surface area contributed by atoms with Gasteiger partial charge in [-0.15, -0.1) is 0 Å². The molecule has 170 valence electrons. The number of carbonyl (C=O) groups is 1. The Labute approximate surface area is 189 Å². The lowest BCUT2D eigenvalue weighted by Crippen LogP contribution is -2.44. The number of fused-ring (bicyclic) bond motifs is 2. The summed E-state index contributed by atoms with van der Waals surface area (Å²) >= 11 is 0. The lowest BCUT2D eigenvalue weighted by atomic mass is 10.1. The summed E-state index contributed by atoms with van der Waals surface area (Å²) in [4.78, 5) is 24.9. The average Bonchev–Trinajstić information content (AvgIpc) is 3.25. The molecule has 5 rings (SSSR count). The van der Waals surface area contributed by atoms with Crippen molar-refractivity contribution in [1.29, 1.82) is 0 Å². The Kier molecular flexibility index (Phi) is 5.55. The molecule has 1 saturated heterocycles. The van der Waals surface area contributed by atoms with Gasteiger partial charge in [0.1, 0.15) is 11.4 Å². The zero-order valence-corrected chi connectivity index (χ0v) is 18.0. The fraction of sp³-hybridized carbons (Fsp3) is 0.250. The van der Waals surface area contributed by atoms with Crippen LogP contribution < -0.4 is 15.0 Å². The number of ether oxygens (including phenoxy) is 1. The fourth-order valence-electron chi connectivity index (χ4n) is 4.24. The van der Waals surface area contributed by atoms with Crippen LogP contribution in [0.15, 0.2) is 54.9 Å². The van der Waals surface area contributed by atoms with Crippen molar-refractivity contribution in [1.82, 2.24) is 14.9 Å². The molecule has 0 saturated carbocycles. The summed E-state index contributed by atoms with van der Waals surface area (Å²) < 4.78 is 30.0. The van der Waals surface area contributed by atoms with Crippen molar-refractivity contribution in [3.8, 4) is 5.75 Å². The van der Waals surface area contributed by atoms with E-state index in [1.807, 2.05) is 18.2 Å². The largest absolute Gasteiger partial charge is 0.434 e. The number of H-pyrrole nitrogens is 1. The number of likely N-dealkylation sites (N-methyl/N-ethyl adjacent to an activating group) is 1. The van der Waals surface area contributed by atoms with Crippen molar-refractivity contribution >= 4 is 39.0 Å². The quantitative estimate of drug-likeness (QED) is 0.473. The van der Waals surface area contributed by atoms with Gasteiger partial charge in [0, 0.05) is 65.9 Å². The topological polar surface area (TPSA) is 73.5 Å². The summed E-state index contributed by atoms with van der Waals surface area (Å²) in [6.45, 7) is 0.890. The molecule has 0 radical (unpaired) electrons. The van der Waals surface area contributed by atoms with Crippen molar-refractivity contribution in [2.75, 3.05) is 43.4 Å². The van der Waals surface area contributed by atoms with Crippen LogP contribution in [0.3, 0.4) is 0 Å². The van der Waals surface area contributed by atoms with Crippen LogP contribution in [0.2, 0.25) is 0 Å². The number of hydrogen-bond acceptors (Lipinski definition) is 5. The number of hydrogen-bond donors (Lipinski definition) is 2. The average molecular weight is 451 g/mol. The molecule has 0 bridgehead atoms. The minimum absolute atomic E-state index is 0.0176. The molecule has 4 aromatic rings. The highest BCUT2D eigenvalue weighted by molar-refractivity contribution is 6.12. The van der Waals surface area contributed by atoms with Crippen LogP contribution in [-0.2, 0) is 0 Å². The number of pyridine rings is 1. The molecule has 2 aromatic heterocycles. The van der Waals surface area contributed by atoms with Crippen LogP contribution in [0.25, 0.3) is 21.7 Å². The second-order valence-corrected chi connectivity index (χ2v) is 8.08. The highest BCUT2D eigenvalue weighted by atomic mass is 19.3. The molecular weight excluding hydrogens is 428 g/mol. The number of amides is 1. The lowest BCUT2D eigenvalue weighted by molar-refractivity contribution is -0.0487. The third-order valence-electron chi connectivity index (χ3n) is 5.97. The smallest absolute Gasteiger partial charge is 0.387 e. The number of carbonyl (C=O) groups excluding carboxylic acids is 1. The first-order valence-electron chi connectivity index (χ1n) is 10.7. The number of alkyl halides is 2. The predicted octanol–water partition coefficient (Wildman–Crippen LogP) is 4.32. The van der Waals surface area contributed by atoms with E-state index in [9.17, 15) is 13.6 Å². The minimum atomic E-state index is -2.94. The molecule has 1 aliphatic heterocycles. The third kappa shape index (κ3) is 4.19. The Morgan fingerprint density at radius 2 is 1.91 bits per heavy atom. The van der Waals surface area contributed by atoms with Gasteiger partial charge in [-0.05, 0) is 43.4 Å². The van der Waals surface area contributed by atoms with E-state index in [1.165, 1.54) is 12.1 Å². The number of nitrogens with zero attached hydrogens (tertiary/aromatic N) is 3. The van der Waals surface area contributed by atoms with Crippen molar-refractivity contribution in [3.63, 3.8) is 0 Å². The SMILES string of the molecule is CN1CCN(c2ccc(NC(=O)c3cc4c(OC(F)F)cccc4[nH]3)c3cnccc23)CC1. The summed E-state index contributed by atoms with van der Waals surface area (Å²) in [5.41, 5.74) is 2.52. The van der Waals surface area contributed by atoms with Gasteiger partial charge in [0.25, 0.3) is 5.91 Å². The molecule has 3 heterocycles. The maximum atomic E-state index is 13.0. The van der Waals surface area contributed by atoms with Gasteiger partial charge in [-0.1, -0.05) is 6.07 Å². The number of anilines is 2. The van der Waals surface area contributed by atoms with Crippen LogP contribution in [0.4, 0.5) is 20.2 Å². The number of halogens is 2. The van der Waals surface area contributed by atoms with Gasteiger partial charge in [0.05, 0.1) is 5.69 Å². The van der Waals surface area contributed by atoms with E-state index >= 15 is 0 Å². The third-order valence-corrected chi connectivity index (χ3v) is 5.97. The second-order valence-electron chi connectivity index (χ2n) is 8.08. The standard InChI is InChI=1S/C24H23F2N5O2/c1-30-9-11-31(12-10-30)21-6-5-19(17-14-27-8-7-15(17)21)29-23(32)20-13-16-18(28-20)3-2-4-22(16)33-24(25)26/h2-8,13-14,24,28H,9-12H2,1H3,(H,29,32). The molecule has 1 fully saturated rings. The van der Waals surface area contributed by atoms with Crippen LogP contribution >= 0.6 is 0 Å². The van der Waals surface area contributed by atoms with Crippen molar-refractivity contribution in [3.05, 3.63) is 60.6 Å². The van der Waals surface area contributed by atoms with Gasteiger partial charge in [0.2, 0.25) is 0 Å². The van der Waals surface area contributed by atoms with E-state index in [1.54, 1.807) is 24.5 Å². The Hall–Kier alpha value is -3.72. The normalized spacial score (nSPS) is 14.8. The van der Waals surface area contributed by atoms with E-state index in [-0.39, 0.29) is 17.4 Å². The Morgan fingerprint density at radius 1 is 1.09 bits per heavy atom. The van der Waals surface area contributed by atoms with E-state index in [4.69, 9.17) is 0 Å². The number of rotatable bonds is 5. The molecule has 2 aromatic carbocycles. The zero-order chi connectivity index (χ0) is 22.9. The number of piperazine rings is 1. The summed E-state index contributed by atoms with van der Waals surface area (Å²) in [5, 5.41) is 5.19. The van der Waals surface area contributed by atoms with Crippen molar-refractivity contribution in [2.24, 2.45) is 0 Å². The zero-order valence-electron chi connectivity index (χ0n) is 18.0. The fourth-order valence-corrected chi connectivity index (χ4v) is 4.24. The lowest BCUT2D eigenvalue weighted by Gasteiger charge is -2.34. The van der Waals surface area contributed by atoms with Crippen molar-refractivity contribution in [2.45, 2.75) is 6.61 Å². The number of benzene rings is 2. The van der Waals surface area contributed by atoms with Gasteiger partial charge in [-0.2, -0.15) is 8.78 Å². The molecular formula is C24H23F2N5O2. The molecule has 0 spiro atoms. The Balaban J connectivity index is 1.45. The van der Waals surface area contributed by atoms with Crippen LogP contribution in [0, 0.1) is 0 Å². The molecule has 2 N–H and O–H groups in total. The summed E-state index contributed by atoms with van der Waals surface area (Å²) in [6.07, 6.45) is 3.49. The Bertz CT molecular complexity index is 1310. The van der Waals surface area contributed by atoms with Gasteiger partial charge in [-0.3, -0.25) is 9.78 Å². The highest BCUT2D eigenvalue weighted by Gasteiger charge is 2.19. The van der Waals surface area contributed by atoms with Gasteiger partial charge in [-0.25, -0.2) is 0 Å². The monoisotopic (exact) mass is 451 g/mol. The van der Waals surface area contributed by atoms with E-state index in [0.717, 1.165) is 42.6 Å². The molecule has 1 aliphatic rings. The molecule has 9 heteroatoms. The molecule has 0 aliphatic carbocycles. The number of aromatic nitrogens is 2. The summed E-state index contributed by atoms with van der Waals surface area (Å²) in [6, 6.07) is 12.1. The molecule has 1 amide bonds. The summed E-state index contributed by atoms with van der Waals surface area (Å²) in [5.74, 6) is -0.365. The molecule has 0 atom stereocenters. The van der Waals surface area contributed by atoms with E-state index < -0.39 is 6.61 Å². The highest BCUT2D eigenvalue weighted by Crippen LogP contribution is 2.33. The first-order valence-corrected chi connectivity index (χ1v) is 10.7. The summed E-state index contributed by atoms with van der Waals surface area (Å²) in [7, 11) is 2.12. The minimum Gasteiger partial charge on any atom is -0.434 e. The maximum absolute atomic E-state index is 13.0. The Morgan fingerprint density at radius 3 is 2.70 bits per heavy atom. The molecule has 0 unspecified atom stereocenters. The number of aromatic amines is 1. The van der Waals surface area contributed by atoms with Gasteiger partial charge >= 0.3 is 6.61 Å². The van der Waals surface area contributed by atoms with E-state index in [2.05, 4.69) is 36.9 Å². The number of nitrogens with one attached hydrogen (secondary N) is 2. The van der Waals surface area contributed by atoms with Gasteiger partial charge in [0.15, 0.2) is 0 Å². The predicted molar refractivity (Wildman–Crippen MR) is 124 cm³/mol. The first-order chi connectivity index (χ1) is 16.0. The van der Waals surface area contributed by atoms with Crippen LogP contribution in [0.5, 0.6) is 5.75 Å². The molecule has 7 nitrogen and oxygen atoms in total.